The molecule has 4 heteroatoms. The Labute approximate surface area is 64.2 Å². The topological polar surface area (TPSA) is 49.3 Å². The first-order valence-electron chi connectivity index (χ1n) is 3.36. The van der Waals surface area contributed by atoms with E-state index >= 15 is 0 Å². The van der Waals surface area contributed by atoms with Crippen molar-refractivity contribution in [3.63, 3.8) is 0 Å². The molecule has 3 nitrogen and oxygen atoms in total. The van der Waals surface area contributed by atoms with Gasteiger partial charge >= 0.3 is 5.97 Å². The first kappa shape index (κ1) is 7.88. The van der Waals surface area contributed by atoms with Gasteiger partial charge in [0.15, 0.2) is 0 Å². The Bertz CT molecular complexity index is 123. The highest BCUT2D eigenvalue weighted by Crippen LogP contribution is 2.16. The van der Waals surface area contributed by atoms with Crippen molar-refractivity contribution in [2.45, 2.75) is 18.2 Å². The number of aliphatic carboxylic acids is 1. The smallest absolute Gasteiger partial charge is 0.305 e. The summed E-state index contributed by atoms with van der Waals surface area (Å²) in [5.74, 6) is 0.372. The summed E-state index contributed by atoms with van der Waals surface area (Å²) < 4.78 is 0. The van der Waals surface area contributed by atoms with E-state index in [4.69, 9.17) is 5.11 Å². The molecule has 1 saturated heterocycles. The molecule has 0 aliphatic carbocycles. The minimum absolute atomic E-state index is 0.145. The molecule has 1 atom stereocenters. The van der Waals surface area contributed by atoms with Crippen molar-refractivity contribution >= 4 is 17.7 Å². The fourth-order valence-corrected chi connectivity index (χ4v) is 2.00. The zero-order valence-electron chi connectivity index (χ0n) is 5.67. The summed E-state index contributed by atoms with van der Waals surface area (Å²) in [5, 5.41) is 11.7. The van der Waals surface area contributed by atoms with E-state index in [1.165, 1.54) is 0 Å². The molecule has 1 unspecified atom stereocenters. The molecule has 2 N–H and O–H groups in total. The largest absolute Gasteiger partial charge is 0.481 e. The molecule has 0 amide bonds. The second-order valence-electron chi connectivity index (χ2n) is 2.26. The number of thioether (sulfide) groups is 1. The van der Waals surface area contributed by atoms with Crippen LogP contribution in [0.1, 0.15) is 12.8 Å². The SMILES string of the molecule is O=C(O)CC1NCCCS1. The summed E-state index contributed by atoms with van der Waals surface area (Å²) in [6.07, 6.45) is 1.39. The number of carbonyl (C=O) groups is 1. The van der Waals surface area contributed by atoms with Crippen LogP contribution in [0, 0.1) is 0 Å². The summed E-state index contributed by atoms with van der Waals surface area (Å²) in [6, 6.07) is 0. The van der Waals surface area contributed by atoms with Crippen molar-refractivity contribution in [2.24, 2.45) is 0 Å². The average molecular weight is 161 g/mol. The number of hydrogen-bond acceptors (Lipinski definition) is 3. The molecule has 58 valence electrons. The normalized spacial score (nSPS) is 26.2. The summed E-state index contributed by atoms with van der Waals surface area (Å²) in [5.41, 5.74) is 0. The number of nitrogens with one attached hydrogen (secondary N) is 1. The predicted molar refractivity (Wildman–Crippen MR) is 41.1 cm³/mol. The predicted octanol–water partition coefficient (Wildman–Crippen LogP) is 0.514. The number of rotatable bonds is 2. The number of carboxylic acid groups (broad SMARTS) is 1. The van der Waals surface area contributed by atoms with E-state index in [0.717, 1.165) is 18.7 Å². The molecule has 1 rings (SSSR count). The Morgan fingerprint density at radius 2 is 2.60 bits per heavy atom. The van der Waals surface area contributed by atoms with Crippen molar-refractivity contribution in [1.82, 2.24) is 5.32 Å². The second kappa shape index (κ2) is 3.83. The van der Waals surface area contributed by atoms with Crippen molar-refractivity contribution in [2.75, 3.05) is 12.3 Å². The molecule has 0 spiro atoms. The molecule has 10 heavy (non-hydrogen) atoms. The van der Waals surface area contributed by atoms with Gasteiger partial charge in [0, 0.05) is 0 Å². The van der Waals surface area contributed by atoms with Crippen LogP contribution in [0.3, 0.4) is 0 Å². The van der Waals surface area contributed by atoms with E-state index in [0.29, 0.717) is 0 Å². The monoisotopic (exact) mass is 161 g/mol. The number of hydrogen-bond donors (Lipinski definition) is 2. The van der Waals surface area contributed by atoms with Crippen LogP contribution in [-0.2, 0) is 4.79 Å². The van der Waals surface area contributed by atoms with E-state index < -0.39 is 5.97 Å². The highest BCUT2D eigenvalue weighted by Gasteiger charge is 2.15. The van der Waals surface area contributed by atoms with Crippen molar-refractivity contribution in [3.8, 4) is 0 Å². The van der Waals surface area contributed by atoms with Gasteiger partial charge in [-0.3, -0.25) is 4.79 Å². The van der Waals surface area contributed by atoms with E-state index in [-0.39, 0.29) is 11.8 Å². The Hall–Kier alpha value is -0.220. The Morgan fingerprint density at radius 1 is 1.80 bits per heavy atom. The minimum atomic E-state index is -0.716. The Kier molecular flexibility index (Phi) is 3.02. The molecule has 0 aromatic carbocycles. The van der Waals surface area contributed by atoms with Crippen LogP contribution >= 0.6 is 11.8 Å². The second-order valence-corrected chi connectivity index (χ2v) is 3.58. The molecule has 1 aliphatic rings. The maximum absolute atomic E-state index is 10.2. The van der Waals surface area contributed by atoms with Crippen LogP contribution in [0.4, 0.5) is 0 Å². The van der Waals surface area contributed by atoms with Gasteiger partial charge in [0.1, 0.15) is 0 Å². The summed E-state index contributed by atoms with van der Waals surface area (Å²) in [7, 11) is 0. The first-order chi connectivity index (χ1) is 4.79. The van der Waals surface area contributed by atoms with Gasteiger partial charge < -0.3 is 10.4 Å². The summed E-state index contributed by atoms with van der Waals surface area (Å²) in [6.45, 7) is 0.963. The average Bonchev–Trinajstić information content (AvgIpc) is 1.88. The van der Waals surface area contributed by atoms with Crippen LogP contribution in [0.25, 0.3) is 0 Å². The molecule has 0 bridgehead atoms. The standard InChI is InChI=1S/C6H11NO2S/c8-6(9)4-5-7-2-1-3-10-5/h5,7H,1-4H2,(H,8,9). The maximum atomic E-state index is 10.2. The van der Waals surface area contributed by atoms with Crippen LogP contribution in [0.5, 0.6) is 0 Å². The van der Waals surface area contributed by atoms with E-state index in [1.54, 1.807) is 11.8 Å². The Morgan fingerprint density at radius 3 is 3.10 bits per heavy atom. The van der Waals surface area contributed by atoms with E-state index in [1.807, 2.05) is 0 Å². The molecule has 1 fully saturated rings. The Balaban J connectivity index is 2.19. The molecule has 0 aromatic rings. The van der Waals surface area contributed by atoms with Gasteiger partial charge in [0.05, 0.1) is 11.8 Å². The fraction of sp³-hybridized carbons (Fsp3) is 0.833. The lowest BCUT2D eigenvalue weighted by Gasteiger charge is -2.20. The van der Waals surface area contributed by atoms with Crippen LogP contribution in [0.2, 0.25) is 0 Å². The van der Waals surface area contributed by atoms with Gasteiger partial charge in [-0.05, 0) is 18.7 Å². The van der Waals surface area contributed by atoms with Gasteiger partial charge in [-0.25, -0.2) is 0 Å². The third-order valence-electron chi connectivity index (χ3n) is 1.37. The van der Waals surface area contributed by atoms with Gasteiger partial charge in [-0.2, -0.15) is 0 Å². The zero-order chi connectivity index (χ0) is 7.40. The molecule has 0 radical (unpaired) electrons. The lowest BCUT2D eigenvalue weighted by Crippen LogP contribution is -2.33. The van der Waals surface area contributed by atoms with Crippen molar-refractivity contribution in [3.05, 3.63) is 0 Å². The van der Waals surface area contributed by atoms with Gasteiger partial charge in [0.2, 0.25) is 0 Å². The van der Waals surface area contributed by atoms with Crippen molar-refractivity contribution < 1.29 is 9.90 Å². The molecule has 0 aromatic heterocycles. The molecule has 0 saturated carbocycles. The highest BCUT2D eigenvalue weighted by atomic mass is 32.2. The van der Waals surface area contributed by atoms with Gasteiger partial charge in [-0.1, -0.05) is 0 Å². The number of carboxylic acids is 1. The van der Waals surface area contributed by atoms with Gasteiger partial charge in [0.25, 0.3) is 0 Å². The fourth-order valence-electron chi connectivity index (χ4n) is 0.909. The maximum Gasteiger partial charge on any atom is 0.305 e. The minimum Gasteiger partial charge on any atom is -0.481 e. The molecular weight excluding hydrogens is 150 g/mol. The van der Waals surface area contributed by atoms with E-state index in [2.05, 4.69) is 5.32 Å². The third-order valence-corrected chi connectivity index (χ3v) is 2.63. The molecule has 1 heterocycles. The van der Waals surface area contributed by atoms with Crippen LogP contribution in [-0.4, -0.2) is 28.7 Å². The van der Waals surface area contributed by atoms with Crippen LogP contribution < -0.4 is 5.32 Å². The van der Waals surface area contributed by atoms with Crippen molar-refractivity contribution in [1.29, 1.82) is 0 Å². The lowest BCUT2D eigenvalue weighted by atomic mass is 10.4. The first-order valence-corrected chi connectivity index (χ1v) is 4.40. The van der Waals surface area contributed by atoms with E-state index in [9.17, 15) is 4.79 Å². The third kappa shape index (κ3) is 2.58. The lowest BCUT2D eigenvalue weighted by molar-refractivity contribution is -0.137. The van der Waals surface area contributed by atoms with Crippen LogP contribution in [0.15, 0.2) is 0 Å². The quantitative estimate of drug-likeness (QED) is 0.619. The van der Waals surface area contributed by atoms with Gasteiger partial charge in [-0.15, -0.1) is 11.8 Å². The molecular formula is C6H11NO2S. The molecule has 1 aliphatic heterocycles. The summed E-state index contributed by atoms with van der Waals surface area (Å²) in [4.78, 5) is 10.2. The highest BCUT2D eigenvalue weighted by molar-refractivity contribution is 7.99. The zero-order valence-corrected chi connectivity index (χ0v) is 6.49. The summed E-state index contributed by atoms with van der Waals surface area (Å²) >= 11 is 1.70.